The number of hydrogen-bond acceptors (Lipinski definition) is 11. The van der Waals surface area contributed by atoms with E-state index in [2.05, 4.69) is 39.0 Å². The molecule has 2 heterocycles. The van der Waals surface area contributed by atoms with E-state index in [0.717, 1.165) is 28.4 Å². The first kappa shape index (κ1) is 30.1. The summed E-state index contributed by atoms with van der Waals surface area (Å²) in [5, 5.41) is 8.34. The third-order valence-electron chi connectivity index (χ3n) is 2.91. The van der Waals surface area contributed by atoms with Crippen LogP contribution in [0.2, 0.25) is 0 Å². The number of carbonyl (C=O) groups is 2. The van der Waals surface area contributed by atoms with Crippen LogP contribution in [0, 0.1) is 12.8 Å². The van der Waals surface area contributed by atoms with Crippen LogP contribution in [0.25, 0.3) is 0 Å². The number of pyridine rings is 2. The maximum Gasteiger partial charge on any atom is 0.531 e. The van der Waals surface area contributed by atoms with E-state index in [4.69, 9.17) is 11.4 Å². The zero-order valence-corrected chi connectivity index (χ0v) is 19.8. The van der Waals surface area contributed by atoms with Gasteiger partial charge in [0.1, 0.15) is 1.37 Å². The Balaban J connectivity index is 0. The van der Waals surface area contributed by atoms with Gasteiger partial charge in [-0.25, -0.2) is 18.7 Å². The summed E-state index contributed by atoms with van der Waals surface area (Å²) < 4.78 is 48.6. The maximum absolute atomic E-state index is 11.4. The number of phosphoric ester groups is 2. The van der Waals surface area contributed by atoms with Crippen molar-refractivity contribution in [3.05, 3.63) is 60.2 Å². The Bertz CT molecular complexity index is 972. The summed E-state index contributed by atoms with van der Waals surface area (Å²) in [7, 11) is -2.98. The molecule has 0 spiro atoms. The van der Waals surface area contributed by atoms with Crippen LogP contribution in [-0.2, 0) is 31.7 Å². The Labute approximate surface area is 192 Å². The highest BCUT2D eigenvalue weighted by molar-refractivity contribution is 7.49. The first-order chi connectivity index (χ1) is 16.0. The predicted octanol–water partition coefficient (Wildman–Crippen LogP) is 3.05. The average Bonchev–Trinajstić information content (AvgIpc) is 2.86. The molecular weight excluding hydrogens is 482 g/mol. The van der Waals surface area contributed by atoms with Crippen LogP contribution in [0.5, 0.6) is 0 Å². The van der Waals surface area contributed by atoms with Crippen LogP contribution < -0.4 is 0 Å². The van der Waals surface area contributed by atoms with Crippen LogP contribution in [-0.4, -0.2) is 60.3 Å². The van der Waals surface area contributed by atoms with Gasteiger partial charge in [-0.2, -0.15) is 0 Å². The van der Waals surface area contributed by atoms with E-state index in [-0.39, 0.29) is 11.1 Å². The number of terminal acetylenes is 1. The predicted molar refractivity (Wildman–Crippen MR) is 116 cm³/mol. The van der Waals surface area contributed by atoms with Gasteiger partial charge in [-0.3, -0.25) is 28.1 Å². The fourth-order valence-corrected chi connectivity index (χ4v) is 2.11. The van der Waals surface area contributed by atoms with Crippen molar-refractivity contribution < 1.29 is 52.7 Å². The normalized spacial score (nSPS) is 10.2. The average molecular weight is 507 g/mol. The number of carbonyl (C=O) groups excluding carboxylic acids is 1. The van der Waals surface area contributed by atoms with Gasteiger partial charge in [-0.15, -0.1) is 12.8 Å². The quantitative estimate of drug-likeness (QED) is 0.413. The molecule has 0 bridgehead atoms. The molecule has 13 nitrogen and oxygen atoms in total. The fourth-order valence-electron chi connectivity index (χ4n) is 1.35. The number of rotatable bonds is 7. The molecule has 0 aliphatic rings. The van der Waals surface area contributed by atoms with E-state index < -0.39 is 27.6 Å². The molecule has 0 atom stereocenters. The molecule has 2 rings (SSSR count). The van der Waals surface area contributed by atoms with Gasteiger partial charge in [0.25, 0.3) is 0 Å². The molecule has 2 N–H and O–H groups in total. The minimum atomic E-state index is -3.78. The van der Waals surface area contributed by atoms with Gasteiger partial charge in [0, 0.05) is 53.2 Å². The summed E-state index contributed by atoms with van der Waals surface area (Å²) in [6.45, 7) is 0. The van der Waals surface area contributed by atoms with Gasteiger partial charge in [0.05, 0.1) is 11.1 Å². The zero-order valence-electron chi connectivity index (χ0n) is 19.1. The number of nitrogens with zero attached hydrogens (tertiary/aromatic N) is 2. The molecule has 2 aromatic rings. The molecule has 0 unspecified atom stereocenters. The minimum Gasteiger partial charge on any atom is -0.478 e. The van der Waals surface area contributed by atoms with Crippen LogP contribution in [0.1, 0.15) is 22.1 Å². The second-order valence-corrected chi connectivity index (χ2v) is 8.29. The van der Waals surface area contributed by atoms with Crippen LogP contribution in [0.3, 0.4) is 0 Å². The van der Waals surface area contributed by atoms with Crippen molar-refractivity contribution in [1.29, 1.82) is 0 Å². The molecule has 182 valence electrons. The van der Waals surface area contributed by atoms with Crippen LogP contribution >= 0.6 is 15.6 Å². The van der Waals surface area contributed by atoms with Gasteiger partial charge in [-0.05, 0) is 24.3 Å². The Kier molecular flexibility index (Phi) is 16.0. The second-order valence-electron chi connectivity index (χ2n) is 4.81. The Hall–Kier alpha value is -2.94. The molecule has 0 aliphatic heterocycles. The highest BCUT2D eigenvalue weighted by Crippen LogP contribution is 2.48. The topological polar surface area (TPSA) is 181 Å². The number of phosphoric acid groups is 2. The van der Waals surface area contributed by atoms with Crippen molar-refractivity contribution in [2.45, 2.75) is 0 Å². The van der Waals surface area contributed by atoms with E-state index in [1.54, 1.807) is 12.1 Å². The number of hydrogen-bond donors (Lipinski definition) is 2. The summed E-state index contributed by atoms with van der Waals surface area (Å²) in [5.41, 5.74) is 0.393. The summed E-state index contributed by atoms with van der Waals surface area (Å²) in [4.78, 5) is 37.1. The van der Waals surface area contributed by atoms with Crippen molar-refractivity contribution in [3.8, 4) is 12.8 Å². The van der Waals surface area contributed by atoms with Gasteiger partial charge in [0.15, 0.2) is 0 Å². The lowest BCUT2D eigenvalue weighted by molar-refractivity contribution is 0.0638. The summed E-state index contributed by atoms with van der Waals surface area (Å²) in [6.07, 6.45) is 11.4. The van der Waals surface area contributed by atoms with Crippen molar-refractivity contribution in [3.63, 3.8) is 0 Å². The van der Waals surface area contributed by atoms with Gasteiger partial charge in [-0.1, -0.05) is 0 Å². The molecule has 0 saturated heterocycles. The lowest BCUT2D eigenvalue weighted by atomic mass is 10.3. The minimum absolute atomic E-state index is 0.173. The highest BCUT2D eigenvalue weighted by atomic mass is 31.2. The molecule has 15 heteroatoms. The van der Waals surface area contributed by atoms with E-state index in [0.29, 0.717) is 0 Å². The van der Waals surface area contributed by atoms with E-state index in [1.807, 2.05) is 0 Å². The standard InChI is InChI=1S/C8H10NO5P.C6H5NO2.C2H7O4P.C2H2/c1-12-15(11,13-2)14-8(10)7-4-3-5-9-6-7;8-6(9)5-2-1-3-7-4-5;1-5-7(3,4)6-2;1-2/h3-6H,1-2H3;1-4H,(H,8,9);1-2H3,(H,3,4);1-2H/i;;;1D. The molecule has 2 aromatic heterocycles. The first-order valence-corrected chi connectivity index (χ1v) is 11.2. The molecular formula is C18H24N2O11P2. The first-order valence-electron chi connectivity index (χ1n) is 8.76. The van der Waals surface area contributed by atoms with Crippen molar-refractivity contribution in [2.24, 2.45) is 0 Å². The number of aromatic carboxylic acids is 1. The number of carboxylic acid groups (broad SMARTS) is 1. The van der Waals surface area contributed by atoms with E-state index in [1.165, 1.54) is 43.3 Å². The smallest absolute Gasteiger partial charge is 0.478 e. The SMILES string of the molecule is COP(=O)(O)OC.COP(=O)(OC)OC(=O)c1cccnc1.O=C(O)c1cccnc1.[2H]C#C. The third kappa shape index (κ3) is 14.7. The fraction of sp³-hybridized carbons (Fsp3) is 0.222. The molecule has 0 radical (unpaired) electrons. The van der Waals surface area contributed by atoms with Gasteiger partial charge in [0.2, 0.25) is 0 Å². The summed E-state index contributed by atoms with van der Waals surface area (Å²) in [5.74, 6) is -1.75. The van der Waals surface area contributed by atoms with Crippen molar-refractivity contribution >= 4 is 27.6 Å². The van der Waals surface area contributed by atoms with E-state index in [9.17, 15) is 18.7 Å². The van der Waals surface area contributed by atoms with Crippen LogP contribution in [0.4, 0.5) is 0 Å². The molecule has 33 heavy (non-hydrogen) atoms. The molecule has 0 aliphatic carbocycles. The third-order valence-corrected chi connectivity index (χ3v) is 5.12. The van der Waals surface area contributed by atoms with Gasteiger partial charge < -0.3 is 14.5 Å². The number of carboxylic acids is 1. The maximum atomic E-state index is 11.4. The molecule has 0 saturated carbocycles. The van der Waals surface area contributed by atoms with Crippen molar-refractivity contribution in [2.75, 3.05) is 28.4 Å². The summed E-state index contributed by atoms with van der Waals surface area (Å²) in [6, 6.07) is 6.12. The van der Waals surface area contributed by atoms with Crippen molar-refractivity contribution in [1.82, 2.24) is 9.97 Å². The Morgan fingerprint density at radius 2 is 1.36 bits per heavy atom. The lowest BCUT2D eigenvalue weighted by Crippen LogP contribution is -2.05. The zero-order chi connectivity index (χ0) is 26.6. The largest absolute Gasteiger partial charge is 0.531 e. The Morgan fingerprint density at radius 3 is 1.61 bits per heavy atom. The second kappa shape index (κ2) is 17.6. The highest BCUT2D eigenvalue weighted by Gasteiger charge is 2.28. The van der Waals surface area contributed by atoms with Gasteiger partial charge >= 0.3 is 27.6 Å². The Morgan fingerprint density at radius 1 is 0.939 bits per heavy atom. The molecule has 0 fully saturated rings. The lowest BCUT2D eigenvalue weighted by Gasteiger charge is -2.12. The summed E-state index contributed by atoms with van der Waals surface area (Å²) >= 11 is 0. The van der Waals surface area contributed by atoms with E-state index >= 15 is 0 Å². The molecule has 0 aromatic carbocycles. The molecule has 0 amide bonds. The number of aromatic nitrogens is 2. The monoisotopic (exact) mass is 507 g/mol. The van der Waals surface area contributed by atoms with Crippen LogP contribution in [0.15, 0.2) is 49.1 Å².